The van der Waals surface area contributed by atoms with Crippen LogP contribution in [0, 0.1) is 0 Å². The lowest BCUT2D eigenvalue weighted by molar-refractivity contribution is 1.68. The summed E-state index contributed by atoms with van der Waals surface area (Å²) in [6, 6.07) is 45.1. The molecular formula is C36H20. The number of fused-ring (bicyclic) bond motifs is 7. The van der Waals surface area contributed by atoms with Gasteiger partial charge in [0.05, 0.1) is 0 Å². The van der Waals surface area contributed by atoms with Crippen molar-refractivity contribution in [1.29, 1.82) is 0 Å². The summed E-state index contributed by atoms with van der Waals surface area (Å²) in [6.07, 6.45) is 0. The van der Waals surface area contributed by atoms with Crippen LogP contribution in [-0.4, -0.2) is 0 Å². The molecule has 164 valence electrons. The van der Waals surface area contributed by atoms with E-state index in [1.54, 1.807) is 0 Å². The Kier molecular flexibility index (Phi) is 3.36. The van der Waals surface area contributed by atoms with E-state index in [9.17, 15) is 0 Å². The number of hydrogen-bond donors (Lipinski definition) is 0. The molecule has 0 aromatic heterocycles. The minimum atomic E-state index is 1.27. The Morgan fingerprint density at radius 1 is 0.250 bits per heavy atom. The monoisotopic (exact) mass is 452 g/mol. The van der Waals surface area contributed by atoms with Crippen molar-refractivity contribution < 1.29 is 0 Å². The van der Waals surface area contributed by atoms with Gasteiger partial charge in [0.1, 0.15) is 0 Å². The van der Waals surface area contributed by atoms with E-state index >= 15 is 0 Å². The van der Waals surface area contributed by atoms with Crippen LogP contribution in [-0.2, 0) is 0 Å². The average molecular weight is 453 g/mol. The molecule has 1 aliphatic rings. The normalized spacial score (nSPS) is 12.4. The minimum absolute atomic E-state index is 1.27. The maximum Gasteiger partial charge on any atom is -0.000763 e. The van der Waals surface area contributed by atoms with Gasteiger partial charge in [-0.15, -0.1) is 0 Å². The molecule has 36 heavy (non-hydrogen) atoms. The number of hydrogen-bond acceptors (Lipinski definition) is 0. The molecule has 0 saturated carbocycles. The van der Waals surface area contributed by atoms with Crippen LogP contribution >= 0.6 is 0 Å². The van der Waals surface area contributed by atoms with E-state index in [1.165, 1.54) is 87.2 Å². The summed E-state index contributed by atoms with van der Waals surface area (Å²) < 4.78 is 0. The van der Waals surface area contributed by atoms with E-state index in [4.69, 9.17) is 0 Å². The van der Waals surface area contributed by atoms with Gasteiger partial charge in [-0.25, -0.2) is 0 Å². The number of benzene rings is 8. The van der Waals surface area contributed by atoms with Gasteiger partial charge in [-0.2, -0.15) is 0 Å². The summed E-state index contributed by atoms with van der Waals surface area (Å²) in [4.78, 5) is 0. The molecule has 0 amide bonds. The Balaban J connectivity index is 1.64. The van der Waals surface area contributed by atoms with E-state index in [0.29, 0.717) is 0 Å². The zero-order chi connectivity index (χ0) is 23.4. The van der Waals surface area contributed by atoms with Crippen LogP contribution in [0.4, 0.5) is 0 Å². The van der Waals surface area contributed by atoms with Gasteiger partial charge in [0.15, 0.2) is 0 Å². The van der Waals surface area contributed by atoms with Gasteiger partial charge in [-0.05, 0) is 87.2 Å². The second kappa shape index (κ2) is 6.50. The van der Waals surface area contributed by atoms with Gasteiger partial charge < -0.3 is 0 Å². The highest BCUT2D eigenvalue weighted by molar-refractivity contribution is 6.42. The van der Waals surface area contributed by atoms with Crippen LogP contribution in [0.15, 0.2) is 121 Å². The molecule has 8 aromatic rings. The Hall–Kier alpha value is -4.68. The fourth-order valence-electron chi connectivity index (χ4n) is 6.97. The highest BCUT2D eigenvalue weighted by Gasteiger charge is 2.26. The highest BCUT2D eigenvalue weighted by atomic mass is 14.3. The largest absolute Gasteiger partial charge is 0.0622 e. The van der Waals surface area contributed by atoms with Crippen LogP contribution in [0.25, 0.3) is 87.2 Å². The van der Waals surface area contributed by atoms with Crippen molar-refractivity contribution in [1.82, 2.24) is 0 Å². The van der Waals surface area contributed by atoms with E-state index in [0.717, 1.165) is 0 Å². The van der Waals surface area contributed by atoms with Gasteiger partial charge in [0.25, 0.3) is 0 Å². The van der Waals surface area contributed by atoms with E-state index in [-0.39, 0.29) is 0 Å². The SMILES string of the molecule is c1ccc(-c2c3ccccc3c3cccc4c5ccc6c7c(ccc(c2c34)c75)-c2ccccc2-6)cc1. The van der Waals surface area contributed by atoms with Crippen LogP contribution in [0.3, 0.4) is 0 Å². The molecule has 0 fully saturated rings. The van der Waals surface area contributed by atoms with E-state index in [2.05, 4.69) is 121 Å². The Bertz CT molecular complexity index is 2150. The smallest absolute Gasteiger partial charge is 0.000763 e. The summed E-state index contributed by atoms with van der Waals surface area (Å²) in [5.41, 5.74) is 8.03. The Morgan fingerprint density at radius 3 is 1.53 bits per heavy atom. The van der Waals surface area contributed by atoms with Gasteiger partial charge in [0, 0.05) is 0 Å². The molecule has 0 radical (unpaired) electrons. The molecule has 0 saturated heterocycles. The number of rotatable bonds is 1. The molecule has 0 aliphatic heterocycles. The lowest BCUT2D eigenvalue weighted by atomic mass is 9.82. The van der Waals surface area contributed by atoms with Crippen molar-refractivity contribution >= 4 is 53.9 Å². The first-order valence-electron chi connectivity index (χ1n) is 12.6. The second-order valence-electron chi connectivity index (χ2n) is 10.0. The van der Waals surface area contributed by atoms with Crippen molar-refractivity contribution in [3.63, 3.8) is 0 Å². The zero-order valence-electron chi connectivity index (χ0n) is 19.5. The molecule has 0 spiro atoms. The predicted molar refractivity (Wildman–Crippen MR) is 155 cm³/mol. The molecule has 9 rings (SSSR count). The standard InChI is InChI=1S/C36H20/c1-2-9-21(10-3-1)32-25-14-7-6-13-24(25)26-15-8-16-27-30-18-17-28-22-11-4-5-12-23(22)29-19-20-31(35(30)33(28)29)36(32)34(26)27/h1-20H. The molecule has 0 unspecified atom stereocenters. The topological polar surface area (TPSA) is 0 Å². The third-order valence-electron chi connectivity index (χ3n) is 8.34. The summed E-state index contributed by atoms with van der Waals surface area (Å²) in [5, 5.41) is 13.6. The van der Waals surface area contributed by atoms with Crippen molar-refractivity contribution in [3.05, 3.63) is 121 Å². The first-order valence-corrected chi connectivity index (χ1v) is 12.6. The van der Waals surface area contributed by atoms with Crippen molar-refractivity contribution in [2.45, 2.75) is 0 Å². The molecule has 0 heteroatoms. The molecule has 0 heterocycles. The summed E-state index contributed by atoms with van der Waals surface area (Å²) in [7, 11) is 0. The zero-order valence-corrected chi connectivity index (χ0v) is 19.5. The van der Waals surface area contributed by atoms with Gasteiger partial charge >= 0.3 is 0 Å². The maximum absolute atomic E-state index is 2.39. The molecule has 1 aliphatic carbocycles. The van der Waals surface area contributed by atoms with E-state index < -0.39 is 0 Å². The van der Waals surface area contributed by atoms with Gasteiger partial charge in [-0.3, -0.25) is 0 Å². The maximum atomic E-state index is 2.39. The Labute approximate surface area is 208 Å². The predicted octanol–water partition coefficient (Wildman–Crippen LogP) is 10.2. The second-order valence-corrected chi connectivity index (χ2v) is 10.0. The highest BCUT2D eigenvalue weighted by Crippen LogP contribution is 2.54. The average Bonchev–Trinajstić information content (AvgIpc) is 3.28. The molecule has 0 atom stereocenters. The lowest BCUT2D eigenvalue weighted by Gasteiger charge is -2.21. The lowest BCUT2D eigenvalue weighted by Crippen LogP contribution is -1.92. The fourth-order valence-corrected chi connectivity index (χ4v) is 6.97. The van der Waals surface area contributed by atoms with Gasteiger partial charge in [0.2, 0.25) is 0 Å². The first-order chi connectivity index (χ1) is 17.9. The van der Waals surface area contributed by atoms with Crippen molar-refractivity contribution in [3.8, 4) is 33.4 Å². The quantitative estimate of drug-likeness (QED) is 0.172. The molecular weight excluding hydrogens is 432 g/mol. The van der Waals surface area contributed by atoms with Crippen LogP contribution in [0.1, 0.15) is 0 Å². The molecule has 0 bridgehead atoms. The minimum Gasteiger partial charge on any atom is -0.0622 e. The first kappa shape index (κ1) is 18.6. The fraction of sp³-hybridized carbons (Fsp3) is 0. The van der Waals surface area contributed by atoms with E-state index in [1.807, 2.05) is 0 Å². The Morgan fingerprint density at radius 2 is 0.778 bits per heavy atom. The van der Waals surface area contributed by atoms with Crippen molar-refractivity contribution in [2.75, 3.05) is 0 Å². The van der Waals surface area contributed by atoms with Gasteiger partial charge in [-0.1, -0.05) is 121 Å². The summed E-state index contributed by atoms with van der Waals surface area (Å²) in [5.74, 6) is 0. The summed E-state index contributed by atoms with van der Waals surface area (Å²) >= 11 is 0. The van der Waals surface area contributed by atoms with Crippen LogP contribution < -0.4 is 0 Å². The van der Waals surface area contributed by atoms with Crippen molar-refractivity contribution in [2.24, 2.45) is 0 Å². The molecule has 0 N–H and O–H groups in total. The van der Waals surface area contributed by atoms with Crippen LogP contribution in [0.2, 0.25) is 0 Å². The third-order valence-corrected chi connectivity index (χ3v) is 8.34. The van der Waals surface area contributed by atoms with Crippen LogP contribution in [0.5, 0.6) is 0 Å². The third kappa shape index (κ3) is 2.12. The molecule has 8 aromatic carbocycles. The summed E-state index contributed by atoms with van der Waals surface area (Å²) in [6.45, 7) is 0. The molecule has 0 nitrogen and oxygen atoms in total.